The third-order valence-corrected chi connectivity index (χ3v) is 8.50. The summed E-state index contributed by atoms with van der Waals surface area (Å²) in [7, 11) is 0. The number of rotatable bonds is 11. The summed E-state index contributed by atoms with van der Waals surface area (Å²) in [5.74, 6) is -1.31. The number of anilines is 1. The van der Waals surface area contributed by atoms with Crippen LogP contribution in [-0.2, 0) is 14.4 Å². The van der Waals surface area contributed by atoms with Gasteiger partial charge in [0.25, 0.3) is 5.91 Å². The number of carbonyl (C=O) groups is 3. The largest absolute Gasteiger partial charge is 0.369 e. The Morgan fingerprint density at radius 2 is 1.64 bits per heavy atom. The van der Waals surface area contributed by atoms with Gasteiger partial charge in [0, 0.05) is 23.9 Å². The number of nitrogens with two attached hydrogens (primary N) is 1. The second-order valence-electron chi connectivity index (χ2n) is 11.9. The van der Waals surface area contributed by atoms with Crippen molar-refractivity contribution < 1.29 is 14.4 Å². The maximum Gasteiger partial charge on any atom is 0.254 e. The normalized spacial score (nSPS) is 19.1. The Labute approximate surface area is 233 Å². The van der Waals surface area contributed by atoms with E-state index in [1.807, 2.05) is 61.2 Å². The van der Waals surface area contributed by atoms with Crippen LogP contribution < -0.4 is 16.0 Å². The maximum atomic E-state index is 14.4. The molecule has 4 rings (SSSR count). The number of para-hydroxylation sites is 1. The summed E-state index contributed by atoms with van der Waals surface area (Å²) in [6.07, 6.45) is 8.72. The zero-order valence-corrected chi connectivity index (χ0v) is 23.8. The number of hydrogen-bond acceptors (Lipinski definition) is 3. The van der Waals surface area contributed by atoms with Crippen LogP contribution in [0.25, 0.3) is 11.1 Å². The smallest absolute Gasteiger partial charge is 0.254 e. The highest BCUT2D eigenvalue weighted by Crippen LogP contribution is 2.41. The minimum absolute atomic E-state index is 0.112. The summed E-state index contributed by atoms with van der Waals surface area (Å²) in [4.78, 5) is 42.9. The van der Waals surface area contributed by atoms with Crippen LogP contribution in [0.1, 0.15) is 90.2 Å². The minimum Gasteiger partial charge on any atom is -0.369 e. The van der Waals surface area contributed by atoms with E-state index in [0.29, 0.717) is 25.3 Å². The molecule has 3 atom stereocenters. The van der Waals surface area contributed by atoms with Crippen molar-refractivity contribution in [3.05, 3.63) is 54.1 Å². The summed E-state index contributed by atoms with van der Waals surface area (Å²) in [5, 5.41) is 3.15. The molecular formula is C33H45N3O3. The van der Waals surface area contributed by atoms with Crippen LogP contribution in [0, 0.1) is 23.7 Å². The SMILES string of the molecule is CCCC[C@H](C(N)=O)[C@@H](CC(C)C)C(=O)N[C@@H]1C(=O)N(CC2CCCCC2)c2ccccc2-c2ccccc21. The molecule has 0 radical (unpaired) electrons. The van der Waals surface area contributed by atoms with Gasteiger partial charge in [-0.15, -0.1) is 0 Å². The first kappa shape index (κ1) is 28.8. The van der Waals surface area contributed by atoms with E-state index in [1.54, 1.807) is 0 Å². The molecule has 3 amide bonds. The van der Waals surface area contributed by atoms with Gasteiger partial charge in [-0.05, 0) is 54.7 Å². The van der Waals surface area contributed by atoms with E-state index < -0.39 is 23.8 Å². The van der Waals surface area contributed by atoms with Crippen LogP contribution in [0.4, 0.5) is 5.69 Å². The lowest BCUT2D eigenvalue weighted by Crippen LogP contribution is -2.48. The third kappa shape index (κ3) is 6.71. The van der Waals surface area contributed by atoms with E-state index in [4.69, 9.17) is 5.73 Å². The molecule has 1 aliphatic heterocycles. The molecule has 210 valence electrons. The maximum absolute atomic E-state index is 14.4. The average molecular weight is 532 g/mol. The van der Waals surface area contributed by atoms with Crippen molar-refractivity contribution in [3.63, 3.8) is 0 Å². The molecule has 0 saturated heterocycles. The Morgan fingerprint density at radius 1 is 0.974 bits per heavy atom. The highest BCUT2D eigenvalue weighted by molar-refractivity contribution is 6.06. The fraction of sp³-hybridized carbons (Fsp3) is 0.545. The van der Waals surface area contributed by atoms with Crippen LogP contribution in [-0.4, -0.2) is 24.3 Å². The number of nitrogens with one attached hydrogen (secondary N) is 1. The van der Waals surface area contributed by atoms with Gasteiger partial charge in [-0.2, -0.15) is 0 Å². The lowest BCUT2D eigenvalue weighted by Gasteiger charge is -2.33. The fourth-order valence-electron chi connectivity index (χ4n) is 6.47. The van der Waals surface area contributed by atoms with Gasteiger partial charge >= 0.3 is 0 Å². The molecule has 1 aliphatic carbocycles. The van der Waals surface area contributed by atoms with Crippen molar-refractivity contribution >= 4 is 23.4 Å². The molecule has 0 spiro atoms. The van der Waals surface area contributed by atoms with E-state index >= 15 is 0 Å². The van der Waals surface area contributed by atoms with Gasteiger partial charge in [0.15, 0.2) is 0 Å². The van der Waals surface area contributed by atoms with Crippen LogP contribution in [0.5, 0.6) is 0 Å². The van der Waals surface area contributed by atoms with Crippen molar-refractivity contribution in [1.82, 2.24) is 5.32 Å². The Balaban J connectivity index is 1.73. The van der Waals surface area contributed by atoms with Gasteiger partial charge in [-0.3, -0.25) is 14.4 Å². The Morgan fingerprint density at radius 3 is 2.31 bits per heavy atom. The molecule has 0 aromatic heterocycles. The standard InChI is InChI=1S/C33H45N3O3/c1-4-5-15-27(31(34)37)28(20-22(2)3)32(38)35-30-26-18-10-9-16-24(26)25-17-11-12-19-29(25)36(33(30)39)21-23-13-7-6-8-14-23/h9-12,16-19,22-23,27-28,30H,4-8,13-15,20-21H2,1-3H3,(H2,34,37)(H,35,38)/t27-,28+,30-/m0/s1. The topological polar surface area (TPSA) is 92.5 Å². The van der Waals surface area contributed by atoms with Gasteiger partial charge < -0.3 is 16.0 Å². The molecule has 6 heteroatoms. The Kier molecular flexibility index (Phi) is 9.82. The van der Waals surface area contributed by atoms with Crippen molar-refractivity contribution in [2.24, 2.45) is 29.4 Å². The van der Waals surface area contributed by atoms with Crippen LogP contribution in [0.15, 0.2) is 48.5 Å². The number of hydrogen-bond donors (Lipinski definition) is 2. The molecule has 1 fully saturated rings. The molecule has 2 aliphatic rings. The molecule has 0 unspecified atom stereocenters. The fourth-order valence-corrected chi connectivity index (χ4v) is 6.47. The highest BCUT2D eigenvalue weighted by atomic mass is 16.2. The second-order valence-corrected chi connectivity index (χ2v) is 11.9. The molecule has 1 saturated carbocycles. The predicted molar refractivity (Wildman–Crippen MR) is 157 cm³/mol. The molecule has 1 heterocycles. The van der Waals surface area contributed by atoms with Gasteiger partial charge in [0.05, 0.1) is 5.69 Å². The van der Waals surface area contributed by atoms with Gasteiger partial charge in [-0.25, -0.2) is 0 Å². The second kappa shape index (κ2) is 13.3. The number of primary amides is 1. The summed E-state index contributed by atoms with van der Waals surface area (Å²) in [6, 6.07) is 15.1. The first-order valence-corrected chi connectivity index (χ1v) is 14.9. The third-order valence-electron chi connectivity index (χ3n) is 8.50. The van der Waals surface area contributed by atoms with E-state index in [-0.39, 0.29) is 17.7 Å². The van der Waals surface area contributed by atoms with Gasteiger partial charge in [-0.1, -0.05) is 95.3 Å². The number of amides is 3. The number of carbonyl (C=O) groups excluding carboxylic acids is 3. The summed E-state index contributed by atoms with van der Waals surface area (Å²) in [6.45, 7) is 6.81. The van der Waals surface area contributed by atoms with Crippen LogP contribution >= 0.6 is 0 Å². The van der Waals surface area contributed by atoms with E-state index in [2.05, 4.69) is 18.3 Å². The number of unbranched alkanes of at least 4 members (excludes halogenated alkanes) is 1. The minimum atomic E-state index is -0.834. The van der Waals surface area contributed by atoms with Crippen molar-refractivity contribution in [3.8, 4) is 11.1 Å². The summed E-state index contributed by atoms with van der Waals surface area (Å²) < 4.78 is 0. The molecule has 3 N–H and O–H groups in total. The van der Waals surface area contributed by atoms with Crippen molar-refractivity contribution in [2.75, 3.05) is 11.4 Å². The average Bonchev–Trinajstić information content (AvgIpc) is 3.02. The Hall–Kier alpha value is -3.15. The first-order chi connectivity index (χ1) is 18.8. The molecule has 39 heavy (non-hydrogen) atoms. The van der Waals surface area contributed by atoms with Crippen LogP contribution in [0.3, 0.4) is 0 Å². The van der Waals surface area contributed by atoms with E-state index in [1.165, 1.54) is 19.3 Å². The van der Waals surface area contributed by atoms with Gasteiger partial charge in [0.1, 0.15) is 6.04 Å². The molecule has 6 nitrogen and oxygen atoms in total. The van der Waals surface area contributed by atoms with Crippen molar-refractivity contribution in [1.29, 1.82) is 0 Å². The van der Waals surface area contributed by atoms with E-state index in [0.717, 1.165) is 48.1 Å². The number of nitrogens with zero attached hydrogens (tertiary/aromatic N) is 1. The zero-order chi connectivity index (χ0) is 27.9. The lowest BCUT2D eigenvalue weighted by molar-refractivity contribution is -0.136. The summed E-state index contributed by atoms with van der Waals surface area (Å²) in [5.41, 5.74) is 9.49. The van der Waals surface area contributed by atoms with Gasteiger partial charge in [0.2, 0.25) is 11.8 Å². The zero-order valence-electron chi connectivity index (χ0n) is 23.8. The predicted octanol–water partition coefficient (Wildman–Crippen LogP) is 6.39. The molecule has 0 bridgehead atoms. The Bertz CT molecular complexity index is 1150. The molecule has 2 aromatic carbocycles. The monoisotopic (exact) mass is 531 g/mol. The summed E-state index contributed by atoms with van der Waals surface area (Å²) >= 11 is 0. The lowest BCUT2D eigenvalue weighted by atomic mass is 9.81. The first-order valence-electron chi connectivity index (χ1n) is 14.9. The molecular weight excluding hydrogens is 486 g/mol. The molecule has 2 aromatic rings. The highest BCUT2D eigenvalue weighted by Gasteiger charge is 2.39. The van der Waals surface area contributed by atoms with E-state index in [9.17, 15) is 14.4 Å². The number of benzene rings is 2. The number of fused-ring (bicyclic) bond motifs is 3. The van der Waals surface area contributed by atoms with Crippen molar-refractivity contribution in [2.45, 2.75) is 84.6 Å². The van der Waals surface area contributed by atoms with Crippen LogP contribution in [0.2, 0.25) is 0 Å². The quantitative estimate of drug-likeness (QED) is 0.352.